The molecule has 0 unspecified atom stereocenters. The molecule has 0 radical (unpaired) electrons. The van der Waals surface area contributed by atoms with Gasteiger partial charge >= 0.3 is 0 Å². The van der Waals surface area contributed by atoms with E-state index >= 15 is 0 Å². The van der Waals surface area contributed by atoms with Crippen LogP contribution in [-0.4, -0.2) is 36.6 Å². The smallest absolute Gasteiger partial charge is 0.262 e. The Morgan fingerprint density at radius 3 is 2.40 bits per heavy atom. The molecule has 2 aromatic carbocycles. The number of anilines is 1. The van der Waals surface area contributed by atoms with Crippen LogP contribution in [0.3, 0.4) is 0 Å². The average molecular weight is 431 g/mol. The van der Waals surface area contributed by atoms with Crippen LogP contribution in [0.25, 0.3) is 0 Å². The van der Waals surface area contributed by atoms with E-state index < -0.39 is 5.91 Å². The largest absolute Gasteiger partial charge is 0.484 e. The summed E-state index contributed by atoms with van der Waals surface area (Å²) in [7, 11) is 0. The number of benzene rings is 2. The highest BCUT2D eigenvalue weighted by atomic mass is 35.5. The minimum Gasteiger partial charge on any atom is -0.484 e. The third-order valence-corrected chi connectivity index (χ3v) is 3.90. The van der Waals surface area contributed by atoms with Gasteiger partial charge in [0, 0.05) is 6.04 Å². The molecule has 9 heteroatoms. The molecule has 8 nitrogen and oxygen atoms in total. The van der Waals surface area contributed by atoms with Crippen molar-refractivity contribution in [3.05, 3.63) is 59.1 Å². The lowest BCUT2D eigenvalue weighted by Gasteiger charge is -2.08. The van der Waals surface area contributed by atoms with Gasteiger partial charge in [-0.1, -0.05) is 23.7 Å². The van der Waals surface area contributed by atoms with Crippen molar-refractivity contribution in [3.8, 4) is 5.75 Å². The lowest BCUT2D eigenvalue weighted by atomic mass is 10.2. The number of nitrogens with zero attached hydrogens (tertiary/aromatic N) is 1. The third-order valence-electron chi connectivity index (χ3n) is 3.57. The molecule has 0 aromatic heterocycles. The zero-order valence-electron chi connectivity index (χ0n) is 16.6. The van der Waals surface area contributed by atoms with Gasteiger partial charge in [0.15, 0.2) is 6.61 Å². The van der Waals surface area contributed by atoms with Crippen LogP contribution >= 0.6 is 11.6 Å². The number of carbonyl (C=O) groups excluding carboxylic acids is 3. The maximum absolute atomic E-state index is 12.0. The van der Waals surface area contributed by atoms with Gasteiger partial charge in [0.25, 0.3) is 5.91 Å². The molecule has 0 aliphatic rings. The highest BCUT2D eigenvalue weighted by Crippen LogP contribution is 2.20. The number of ether oxygens (including phenoxy) is 1. The number of hydrogen-bond donors (Lipinski definition) is 3. The fraction of sp³-hybridized carbons (Fsp3) is 0.238. The molecule has 158 valence electrons. The number of nitrogens with one attached hydrogen (secondary N) is 3. The van der Waals surface area contributed by atoms with Gasteiger partial charge in [0.1, 0.15) is 12.2 Å². The normalized spacial score (nSPS) is 10.7. The maximum atomic E-state index is 12.0. The Bertz CT molecular complexity index is 913. The molecule has 0 saturated heterocycles. The number of halogens is 1. The maximum Gasteiger partial charge on any atom is 0.262 e. The van der Waals surface area contributed by atoms with Crippen molar-refractivity contribution < 1.29 is 19.1 Å². The number of hydrazone groups is 1. The first-order valence-electron chi connectivity index (χ1n) is 9.22. The van der Waals surface area contributed by atoms with E-state index in [1.54, 1.807) is 48.5 Å². The minimum absolute atomic E-state index is 0.0308. The number of carbonyl (C=O) groups is 3. The SMILES string of the molecule is CC(C)NC(=O)CC(=O)N/N=C/c1ccc(OCC(=O)Nc2ccccc2Cl)cc1. The van der Waals surface area contributed by atoms with Crippen molar-refractivity contribution >= 4 is 41.2 Å². The van der Waals surface area contributed by atoms with Crippen molar-refractivity contribution in [2.24, 2.45) is 5.10 Å². The first-order valence-corrected chi connectivity index (χ1v) is 9.60. The molecule has 0 fully saturated rings. The highest BCUT2D eigenvalue weighted by molar-refractivity contribution is 6.33. The van der Waals surface area contributed by atoms with Crippen molar-refractivity contribution in [1.29, 1.82) is 0 Å². The standard InChI is InChI=1S/C21H23ClN4O4/c1-14(2)24-19(27)11-20(28)26-23-12-15-7-9-16(10-8-15)30-13-21(29)25-18-6-4-3-5-17(18)22/h3-10,12,14H,11,13H2,1-2H3,(H,24,27)(H,25,29)(H,26,28)/b23-12+. The molecular formula is C21H23ClN4O4. The Labute approximate surface area is 179 Å². The molecule has 2 aromatic rings. The fourth-order valence-corrected chi connectivity index (χ4v) is 2.47. The summed E-state index contributed by atoms with van der Waals surface area (Å²) in [5.74, 6) is -0.708. The molecule has 0 atom stereocenters. The number of rotatable bonds is 9. The summed E-state index contributed by atoms with van der Waals surface area (Å²) >= 11 is 5.99. The summed E-state index contributed by atoms with van der Waals surface area (Å²) in [4.78, 5) is 35.1. The summed E-state index contributed by atoms with van der Waals surface area (Å²) in [6.45, 7) is 3.45. The van der Waals surface area contributed by atoms with Gasteiger partial charge in [0.05, 0.1) is 16.9 Å². The van der Waals surface area contributed by atoms with Gasteiger partial charge in [0.2, 0.25) is 11.8 Å². The van der Waals surface area contributed by atoms with Crippen molar-refractivity contribution in [3.63, 3.8) is 0 Å². The topological polar surface area (TPSA) is 109 Å². The van der Waals surface area contributed by atoms with Crippen LogP contribution in [0, 0.1) is 0 Å². The van der Waals surface area contributed by atoms with Crippen molar-refractivity contribution in [2.75, 3.05) is 11.9 Å². The number of amides is 3. The summed E-state index contributed by atoms with van der Waals surface area (Å²) in [5, 5.41) is 9.55. The minimum atomic E-state index is -0.506. The summed E-state index contributed by atoms with van der Waals surface area (Å²) < 4.78 is 5.44. The van der Waals surface area contributed by atoms with E-state index in [9.17, 15) is 14.4 Å². The Kier molecular flexibility index (Phi) is 8.83. The molecule has 0 saturated carbocycles. The molecule has 3 N–H and O–H groups in total. The van der Waals surface area contributed by atoms with Gasteiger partial charge < -0.3 is 15.4 Å². The lowest BCUT2D eigenvalue weighted by molar-refractivity contribution is -0.129. The summed E-state index contributed by atoms with van der Waals surface area (Å²) in [6, 6.07) is 13.6. The summed E-state index contributed by atoms with van der Waals surface area (Å²) in [6.07, 6.45) is 1.14. The monoisotopic (exact) mass is 430 g/mol. The zero-order valence-corrected chi connectivity index (χ0v) is 17.4. The molecular weight excluding hydrogens is 408 g/mol. The third kappa shape index (κ3) is 8.32. The van der Waals surface area contributed by atoms with E-state index in [0.717, 1.165) is 0 Å². The Hall–Kier alpha value is -3.39. The predicted octanol–water partition coefficient (Wildman–Crippen LogP) is 2.72. The van der Waals surface area contributed by atoms with Gasteiger partial charge in [-0.3, -0.25) is 14.4 Å². The van der Waals surface area contributed by atoms with Crippen LogP contribution in [0.15, 0.2) is 53.6 Å². The molecule has 0 heterocycles. The molecule has 0 aliphatic heterocycles. The number of para-hydroxylation sites is 1. The van der Waals surface area contributed by atoms with Crippen LogP contribution in [0.4, 0.5) is 5.69 Å². The van der Waals surface area contributed by atoms with Crippen LogP contribution < -0.4 is 20.8 Å². The van der Waals surface area contributed by atoms with Gasteiger partial charge in [-0.2, -0.15) is 5.10 Å². The van der Waals surface area contributed by atoms with E-state index in [-0.39, 0.29) is 30.9 Å². The predicted molar refractivity (Wildman–Crippen MR) is 116 cm³/mol. The second-order valence-corrected chi connectivity index (χ2v) is 6.99. The van der Waals surface area contributed by atoms with Crippen LogP contribution in [0.2, 0.25) is 5.02 Å². The molecule has 30 heavy (non-hydrogen) atoms. The zero-order chi connectivity index (χ0) is 21.9. The second-order valence-electron chi connectivity index (χ2n) is 6.58. The molecule has 3 amide bonds. The van der Waals surface area contributed by atoms with Gasteiger partial charge in [-0.25, -0.2) is 5.43 Å². The molecule has 0 spiro atoms. The second kappa shape index (κ2) is 11.6. The molecule has 0 bridgehead atoms. The van der Waals surface area contributed by atoms with E-state index in [2.05, 4.69) is 21.2 Å². The highest BCUT2D eigenvalue weighted by Gasteiger charge is 2.09. The quantitative estimate of drug-likeness (QED) is 0.323. The van der Waals surface area contributed by atoms with Crippen molar-refractivity contribution in [1.82, 2.24) is 10.7 Å². The van der Waals surface area contributed by atoms with Crippen LogP contribution in [-0.2, 0) is 14.4 Å². The van der Waals surface area contributed by atoms with Crippen molar-refractivity contribution in [2.45, 2.75) is 26.3 Å². The van der Waals surface area contributed by atoms with Crippen LogP contribution in [0.5, 0.6) is 5.75 Å². The van der Waals surface area contributed by atoms with Crippen LogP contribution in [0.1, 0.15) is 25.8 Å². The summed E-state index contributed by atoms with van der Waals surface area (Å²) in [5.41, 5.74) is 3.51. The van der Waals surface area contributed by atoms with E-state index in [0.29, 0.717) is 22.0 Å². The van der Waals surface area contributed by atoms with E-state index in [1.165, 1.54) is 6.21 Å². The lowest BCUT2D eigenvalue weighted by Crippen LogP contribution is -2.34. The average Bonchev–Trinajstić information content (AvgIpc) is 2.68. The Morgan fingerprint density at radius 1 is 1.03 bits per heavy atom. The van der Waals surface area contributed by atoms with E-state index in [4.69, 9.17) is 16.3 Å². The molecule has 0 aliphatic carbocycles. The van der Waals surface area contributed by atoms with E-state index in [1.807, 2.05) is 13.8 Å². The Morgan fingerprint density at radius 2 is 1.73 bits per heavy atom. The first-order chi connectivity index (χ1) is 14.3. The fourth-order valence-electron chi connectivity index (χ4n) is 2.29. The molecule has 2 rings (SSSR count). The first kappa shape index (κ1) is 22.9. The Balaban J connectivity index is 1.76. The van der Waals surface area contributed by atoms with Gasteiger partial charge in [-0.05, 0) is 55.8 Å². The number of hydrogen-bond acceptors (Lipinski definition) is 5. The van der Waals surface area contributed by atoms with Gasteiger partial charge in [-0.15, -0.1) is 0 Å².